The predicted molar refractivity (Wildman–Crippen MR) is 79.8 cm³/mol. The van der Waals surface area contributed by atoms with Crippen LogP contribution in [0.15, 0.2) is 24.3 Å². The molecule has 0 aliphatic carbocycles. The number of hydrogen-bond donors (Lipinski definition) is 1. The van der Waals surface area contributed by atoms with Gasteiger partial charge in [-0.15, -0.1) is 0 Å². The molecule has 1 aliphatic heterocycles. The summed E-state index contributed by atoms with van der Waals surface area (Å²) in [5.41, 5.74) is 1.41. The summed E-state index contributed by atoms with van der Waals surface area (Å²) in [6, 6.07) is 8.55. The molecular weight excluding hydrogens is 236 g/mol. The third-order valence-electron chi connectivity index (χ3n) is 3.60. The molecule has 0 saturated carbocycles. The van der Waals surface area contributed by atoms with E-state index in [1.165, 1.54) is 25.2 Å². The maximum absolute atomic E-state index is 5.47. The number of rotatable bonds is 6. The normalized spacial score (nSPS) is 18.2. The van der Waals surface area contributed by atoms with Crippen LogP contribution in [0, 0.1) is 5.92 Å². The second-order valence-electron chi connectivity index (χ2n) is 5.44. The van der Waals surface area contributed by atoms with Crippen LogP contribution < -0.4 is 10.1 Å². The van der Waals surface area contributed by atoms with Gasteiger partial charge in [-0.3, -0.25) is 0 Å². The van der Waals surface area contributed by atoms with Gasteiger partial charge in [0.2, 0.25) is 0 Å². The summed E-state index contributed by atoms with van der Waals surface area (Å²) in [5, 5.41) is 3.40. The van der Waals surface area contributed by atoms with Crippen LogP contribution in [0.4, 0.5) is 0 Å². The van der Waals surface area contributed by atoms with Gasteiger partial charge in [-0.25, -0.2) is 0 Å². The Morgan fingerprint density at radius 1 is 1.21 bits per heavy atom. The molecule has 0 amide bonds. The van der Waals surface area contributed by atoms with Gasteiger partial charge >= 0.3 is 0 Å². The van der Waals surface area contributed by atoms with Gasteiger partial charge in [0, 0.05) is 32.7 Å². The largest absolute Gasteiger partial charge is 0.494 e. The lowest BCUT2D eigenvalue weighted by atomic mass is 10.0. The Labute approximate surface area is 116 Å². The van der Waals surface area contributed by atoms with E-state index in [2.05, 4.69) is 41.4 Å². The maximum Gasteiger partial charge on any atom is 0.119 e. The van der Waals surface area contributed by atoms with Crippen molar-refractivity contribution in [1.29, 1.82) is 0 Å². The molecule has 1 N–H and O–H groups in total. The molecule has 3 nitrogen and oxygen atoms in total. The van der Waals surface area contributed by atoms with Crippen molar-refractivity contribution in [2.45, 2.75) is 20.3 Å². The summed E-state index contributed by atoms with van der Waals surface area (Å²) in [6.07, 6.45) is 1.15. The number of hydrogen-bond acceptors (Lipinski definition) is 3. The van der Waals surface area contributed by atoms with Gasteiger partial charge in [-0.1, -0.05) is 19.1 Å². The van der Waals surface area contributed by atoms with Crippen LogP contribution >= 0.6 is 0 Å². The molecular formula is C16H26N2O. The second-order valence-corrected chi connectivity index (χ2v) is 5.44. The number of benzene rings is 1. The molecule has 1 saturated heterocycles. The molecule has 0 spiro atoms. The summed E-state index contributed by atoms with van der Waals surface area (Å²) in [6.45, 7) is 10.9. The van der Waals surface area contributed by atoms with Crippen molar-refractivity contribution in [3.8, 4) is 5.75 Å². The molecule has 1 aliphatic rings. The van der Waals surface area contributed by atoms with Gasteiger partial charge in [-0.05, 0) is 37.0 Å². The van der Waals surface area contributed by atoms with Crippen molar-refractivity contribution in [3.63, 3.8) is 0 Å². The standard InChI is InChI=1S/C16H26N2O/c1-3-19-16-6-4-15(5-7-16)12-14(2)13-18-10-8-17-9-11-18/h4-7,14,17H,3,8-13H2,1-2H3. The van der Waals surface area contributed by atoms with Crippen LogP contribution in [0.1, 0.15) is 19.4 Å². The zero-order valence-electron chi connectivity index (χ0n) is 12.2. The summed E-state index contributed by atoms with van der Waals surface area (Å²) >= 11 is 0. The average molecular weight is 262 g/mol. The molecule has 0 radical (unpaired) electrons. The minimum Gasteiger partial charge on any atom is -0.494 e. The van der Waals surface area contributed by atoms with Gasteiger partial charge in [0.1, 0.15) is 5.75 Å². The van der Waals surface area contributed by atoms with Crippen LogP contribution in [-0.2, 0) is 6.42 Å². The molecule has 1 aromatic rings. The third kappa shape index (κ3) is 4.84. The lowest BCUT2D eigenvalue weighted by Crippen LogP contribution is -2.45. The van der Waals surface area contributed by atoms with Crippen LogP contribution in [0.5, 0.6) is 5.75 Å². The quantitative estimate of drug-likeness (QED) is 0.850. The highest BCUT2D eigenvalue weighted by molar-refractivity contribution is 5.27. The fourth-order valence-corrected chi connectivity index (χ4v) is 2.69. The Kier molecular flexibility index (Phi) is 5.67. The molecule has 19 heavy (non-hydrogen) atoms. The van der Waals surface area contributed by atoms with Crippen molar-refractivity contribution in [3.05, 3.63) is 29.8 Å². The number of nitrogens with zero attached hydrogens (tertiary/aromatic N) is 1. The minimum absolute atomic E-state index is 0.705. The maximum atomic E-state index is 5.47. The number of ether oxygens (including phenoxy) is 1. The van der Waals surface area contributed by atoms with E-state index in [0.29, 0.717) is 5.92 Å². The molecule has 3 heteroatoms. The van der Waals surface area contributed by atoms with E-state index < -0.39 is 0 Å². The molecule has 0 bridgehead atoms. The van der Waals surface area contributed by atoms with E-state index in [-0.39, 0.29) is 0 Å². The Morgan fingerprint density at radius 2 is 1.89 bits per heavy atom. The van der Waals surface area contributed by atoms with Crippen LogP contribution in [0.3, 0.4) is 0 Å². The van der Waals surface area contributed by atoms with Gasteiger partial charge in [-0.2, -0.15) is 0 Å². The molecule has 2 rings (SSSR count). The molecule has 1 fully saturated rings. The van der Waals surface area contributed by atoms with E-state index in [1.807, 2.05) is 6.92 Å². The van der Waals surface area contributed by atoms with Crippen molar-refractivity contribution < 1.29 is 4.74 Å². The molecule has 1 atom stereocenters. The molecule has 1 unspecified atom stereocenters. The predicted octanol–water partition coefficient (Wildman–Crippen LogP) is 2.17. The van der Waals surface area contributed by atoms with E-state index in [1.54, 1.807) is 0 Å². The molecule has 0 aromatic heterocycles. The lowest BCUT2D eigenvalue weighted by Gasteiger charge is -2.29. The van der Waals surface area contributed by atoms with Gasteiger partial charge < -0.3 is 15.0 Å². The average Bonchev–Trinajstić information content (AvgIpc) is 2.42. The highest BCUT2D eigenvalue weighted by atomic mass is 16.5. The number of piperazine rings is 1. The Bertz CT molecular complexity index is 358. The SMILES string of the molecule is CCOc1ccc(CC(C)CN2CCNCC2)cc1. The minimum atomic E-state index is 0.705. The summed E-state index contributed by atoms with van der Waals surface area (Å²) in [4.78, 5) is 2.57. The third-order valence-corrected chi connectivity index (χ3v) is 3.60. The van der Waals surface area contributed by atoms with Crippen LogP contribution in [-0.4, -0.2) is 44.2 Å². The summed E-state index contributed by atoms with van der Waals surface area (Å²) < 4.78 is 5.47. The Hall–Kier alpha value is -1.06. The molecule has 106 valence electrons. The highest BCUT2D eigenvalue weighted by Gasteiger charge is 2.13. The van der Waals surface area contributed by atoms with Gasteiger partial charge in [0.05, 0.1) is 6.61 Å². The van der Waals surface area contributed by atoms with Crippen molar-refractivity contribution in [2.24, 2.45) is 5.92 Å². The van der Waals surface area contributed by atoms with E-state index >= 15 is 0 Å². The lowest BCUT2D eigenvalue weighted by molar-refractivity contribution is 0.211. The van der Waals surface area contributed by atoms with Crippen LogP contribution in [0.25, 0.3) is 0 Å². The first-order valence-electron chi connectivity index (χ1n) is 7.42. The molecule has 1 aromatic carbocycles. The Morgan fingerprint density at radius 3 is 2.53 bits per heavy atom. The van der Waals surface area contributed by atoms with E-state index in [9.17, 15) is 0 Å². The Balaban J connectivity index is 1.78. The fraction of sp³-hybridized carbons (Fsp3) is 0.625. The second kappa shape index (κ2) is 7.51. The first-order chi connectivity index (χ1) is 9.28. The fourth-order valence-electron chi connectivity index (χ4n) is 2.69. The zero-order chi connectivity index (χ0) is 13.5. The van der Waals surface area contributed by atoms with Crippen molar-refractivity contribution in [1.82, 2.24) is 10.2 Å². The van der Waals surface area contributed by atoms with Crippen LogP contribution in [0.2, 0.25) is 0 Å². The van der Waals surface area contributed by atoms with Crippen molar-refractivity contribution in [2.75, 3.05) is 39.3 Å². The smallest absolute Gasteiger partial charge is 0.119 e. The van der Waals surface area contributed by atoms with Crippen molar-refractivity contribution >= 4 is 0 Å². The topological polar surface area (TPSA) is 24.5 Å². The first-order valence-corrected chi connectivity index (χ1v) is 7.42. The zero-order valence-corrected chi connectivity index (χ0v) is 12.2. The van der Waals surface area contributed by atoms with E-state index in [0.717, 1.165) is 31.9 Å². The van der Waals surface area contributed by atoms with E-state index in [4.69, 9.17) is 4.74 Å². The number of nitrogens with one attached hydrogen (secondary N) is 1. The van der Waals surface area contributed by atoms with Gasteiger partial charge in [0.25, 0.3) is 0 Å². The molecule has 1 heterocycles. The summed E-state index contributed by atoms with van der Waals surface area (Å²) in [5.74, 6) is 1.68. The summed E-state index contributed by atoms with van der Waals surface area (Å²) in [7, 11) is 0. The highest BCUT2D eigenvalue weighted by Crippen LogP contribution is 2.15. The van der Waals surface area contributed by atoms with Gasteiger partial charge in [0.15, 0.2) is 0 Å². The first kappa shape index (κ1) is 14.4. The monoisotopic (exact) mass is 262 g/mol.